The number of rotatable bonds is 5. The molecule has 6 heteroatoms. The normalized spacial score (nSPS) is 22.4. The van der Waals surface area contributed by atoms with Gasteiger partial charge in [0.05, 0.1) is 0 Å². The lowest BCUT2D eigenvalue weighted by Gasteiger charge is -2.07. The van der Waals surface area contributed by atoms with E-state index in [2.05, 4.69) is 9.78 Å². The second-order valence-corrected chi connectivity index (χ2v) is 3.50. The van der Waals surface area contributed by atoms with Crippen molar-refractivity contribution >= 4 is 11.8 Å². The number of hydrogen-bond acceptors (Lipinski definition) is 6. The van der Waals surface area contributed by atoms with Crippen molar-refractivity contribution in [1.82, 2.24) is 0 Å². The third-order valence-corrected chi connectivity index (χ3v) is 1.89. The second-order valence-electron chi connectivity index (χ2n) is 3.50. The third-order valence-electron chi connectivity index (χ3n) is 1.89. The number of ether oxygens (including phenoxy) is 1. The van der Waals surface area contributed by atoms with Crippen LogP contribution in [0.25, 0.3) is 0 Å². The minimum Gasteiger partial charge on any atom is -0.370 e. The maximum Gasteiger partial charge on any atom is 0.411 e. The van der Waals surface area contributed by atoms with E-state index in [-0.39, 0.29) is 12.6 Å². The zero-order chi connectivity index (χ0) is 11.3. The minimum absolute atomic E-state index is 0.0601. The van der Waals surface area contributed by atoms with Gasteiger partial charge in [-0.15, -0.1) is 0 Å². The molecule has 0 aromatic heterocycles. The molecule has 0 aromatic carbocycles. The van der Waals surface area contributed by atoms with Crippen LogP contribution in [0.1, 0.15) is 19.8 Å². The summed E-state index contributed by atoms with van der Waals surface area (Å²) >= 11 is 0. The summed E-state index contributed by atoms with van der Waals surface area (Å²) in [5.41, 5.74) is 5.35. The third kappa shape index (κ3) is 3.94. The lowest BCUT2D eigenvalue weighted by atomic mass is 10.2. The SMILES string of the molecule is CC(N)COOC(=O)C(=O)C1CCCO1. The van der Waals surface area contributed by atoms with Crippen LogP contribution in [0.15, 0.2) is 0 Å². The Kier molecular flexibility index (Phi) is 4.67. The van der Waals surface area contributed by atoms with Gasteiger partial charge >= 0.3 is 5.97 Å². The van der Waals surface area contributed by atoms with Crippen molar-refractivity contribution in [3.63, 3.8) is 0 Å². The van der Waals surface area contributed by atoms with Crippen LogP contribution in [0.4, 0.5) is 0 Å². The quantitative estimate of drug-likeness (QED) is 0.381. The van der Waals surface area contributed by atoms with E-state index in [9.17, 15) is 9.59 Å². The molecule has 1 aliphatic rings. The van der Waals surface area contributed by atoms with Crippen LogP contribution in [0.2, 0.25) is 0 Å². The van der Waals surface area contributed by atoms with Gasteiger partial charge in [-0.1, -0.05) is 0 Å². The molecule has 1 aliphatic heterocycles. The van der Waals surface area contributed by atoms with Gasteiger partial charge in [-0.2, -0.15) is 4.89 Å². The summed E-state index contributed by atoms with van der Waals surface area (Å²) in [5.74, 6) is -1.72. The molecule has 1 heterocycles. The molecule has 1 fully saturated rings. The van der Waals surface area contributed by atoms with Crippen molar-refractivity contribution in [3.05, 3.63) is 0 Å². The van der Waals surface area contributed by atoms with E-state index in [4.69, 9.17) is 10.5 Å². The Hall–Kier alpha value is -0.980. The van der Waals surface area contributed by atoms with Gasteiger partial charge in [0, 0.05) is 12.6 Å². The first-order valence-corrected chi connectivity index (χ1v) is 4.86. The van der Waals surface area contributed by atoms with Crippen molar-refractivity contribution in [1.29, 1.82) is 0 Å². The van der Waals surface area contributed by atoms with E-state index >= 15 is 0 Å². The highest BCUT2D eigenvalue weighted by Crippen LogP contribution is 2.13. The average Bonchev–Trinajstić information content (AvgIpc) is 2.68. The molecule has 15 heavy (non-hydrogen) atoms. The lowest BCUT2D eigenvalue weighted by molar-refractivity contribution is -0.271. The van der Waals surface area contributed by atoms with Crippen molar-refractivity contribution < 1.29 is 24.1 Å². The Morgan fingerprint density at radius 1 is 1.60 bits per heavy atom. The van der Waals surface area contributed by atoms with Gasteiger partial charge in [-0.3, -0.25) is 9.68 Å². The molecular formula is C9H15NO5. The predicted octanol–water partition coefficient (Wildman–Crippen LogP) is -0.443. The maximum atomic E-state index is 11.3. The molecule has 0 aliphatic carbocycles. The largest absolute Gasteiger partial charge is 0.411 e. The number of hydrogen-bond donors (Lipinski definition) is 1. The van der Waals surface area contributed by atoms with Crippen LogP contribution in [-0.2, 0) is 24.1 Å². The summed E-state index contributed by atoms with van der Waals surface area (Å²) in [7, 11) is 0. The molecule has 0 amide bonds. The smallest absolute Gasteiger partial charge is 0.370 e. The van der Waals surface area contributed by atoms with Gasteiger partial charge in [0.1, 0.15) is 12.7 Å². The first kappa shape index (κ1) is 12.1. The van der Waals surface area contributed by atoms with Gasteiger partial charge in [0.15, 0.2) is 0 Å². The van der Waals surface area contributed by atoms with E-state index in [1.807, 2.05) is 0 Å². The van der Waals surface area contributed by atoms with Crippen LogP contribution in [0.5, 0.6) is 0 Å². The fraction of sp³-hybridized carbons (Fsp3) is 0.778. The Morgan fingerprint density at radius 2 is 2.33 bits per heavy atom. The molecule has 2 unspecified atom stereocenters. The fourth-order valence-electron chi connectivity index (χ4n) is 1.15. The summed E-state index contributed by atoms with van der Waals surface area (Å²) in [4.78, 5) is 31.2. The van der Waals surface area contributed by atoms with Crippen molar-refractivity contribution in [2.45, 2.75) is 31.9 Å². The Morgan fingerprint density at radius 3 is 2.87 bits per heavy atom. The highest BCUT2D eigenvalue weighted by molar-refractivity contribution is 6.35. The number of nitrogens with two attached hydrogens (primary N) is 1. The molecule has 2 atom stereocenters. The van der Waals surface area contributed by atoms with E-state index in [0.29, 0.717) is 13.0 Å². The molecular weight excluding hydrogens is 202 g/mol. The lowest BCUT2D eigenvalue weighted by Crippen LogP contribution is -2.31. The highest BCUT2D eigenvalue weighted by Gasteiger charge is 2.31. The van der Waals surface area contributed by atoms with Gasteiger partial charge < -0.3 is 10.5 Å². The van der Waals surface area contributed by atoms with Crippen LogP contribution in [-0.4, -0.2) is 37.1 Å². The van der Waals surface area contributed by atoms with Crippen molar-refractivity contribution in [2.24, 2.45) is 5.73 Å². The van der Waals surface area contributed by atoms with Crippen LogP contribution in [0, 0.1) is 0 Å². The topological polar surface area (TPSA) is 87.9 Å². The van der Waals surface area contributed by atoms with E-state index in [1.165, 1.54) is 0 Å². The van der Waals surface area contributed by atoms with Crippen molar-refractivity contribution in [3.8, 4) is 0 Å². The van der Waals surface area contributed by atoms with Gasteiger partial charge in [-0.25, -0.2) is 4.79 Å². The number of carbonyl (C=O) groups is 2. The van der Waals surface area contributed by atoms with Crippen molar-refractivity contribution in [2.75, 3.05) is 13.2 Å². The Bertz CT molecular complexity index is 235. The van der Waals surface area contributed by atoms with Crippen LogP contribution < -0.4 is 5.73 Å². The summed E-state index contributed by atoms with van der Waals surface area (Å²) in [6.07, 6.45) is 0.669. The minimum atomic E-state index is -1.03. The van der Waals surface area contributed by atoms with E-state index in [0.717, 1.165) is 6.42 Å². The molecule has 0 radical (unpaired) electrons. The predicted molar refractivity (Wildman–Crippen MR) is 49.7 cm³/mol. The Balaban J connectivity index is 2.23. The van der Waals surface area contributed by atoms with Gasteiger partial charge in [-0.05, 0) is 19.8 Å². The van der Waals surface area contributed by atoms with Gasteiger partial charge in [0.25, 0.3) is 5.78 Å². The molecule has 1 saturated heterocycles. The van der Waals surface area contributed by atoms with E-state index < -0.39 is 17.9 Å². The van der Waals surface area contributed by atoms with Crippen LogP contribution in [0.3, 0.4) is 0 Å². The molecule has 2 N–H and O–H groups in total. The molecule has 0 saturated carbocycles. The average molecular weight is 217 g/mol. The second kappa shape index (κ2) is 5.79. The zero-order valence-electron chi connectivity index (χ0n) is 8.60. The molecule has 0 spiro atoms. The molecule has 6 nitrogen and oxygen atoms in total. The first-order chi connectivity index (χ1) is 7.11. The van der Waals surface area contributed by atoms with Crippen LogP contribution >= 0.6 is 0 Å². The molecule has 0 bridgehead atoms. The fourth-order valence-corrected chi connectivity index (χ4v) is 1.15. The number of Topliss-reactive ketones (excluding diaryl/α,β-unsaturated/α-hetero) is 1. The number of carbonyl (C=O) groups excluding carboxylic acids is 2. The van der Waals surface area contributed by atoms with Gasteiger partial charge in [0.2, 0.25) is 0 Å². The summed E-state index contributed by atoms with van der Waals surface area (Å²) in [5, 5.41) is 0. The Labute approximate surface area is 87.6 Å². The monoisotopic (exact) mass is 217 g/mol. The zero-order valence-corrected chi connectivity index (χ0v) is 8.60. The van der Waals surface area contributed by atoms with E-state index in [1.54, 1.807) is 6.92 Å². The molecule has 1 rings (SSSR count). The maximum absolute atomic E-state index is 11.3. The first-order valence-electron chi connectivity index (χ1n) is 4.86. The summed E-state index contributed by atoms with van der Waals surface area (Å²) < 4.78 is 5.03. The highest BCUT2D eigenvalue weighted by atomic mass is 17.2. The summed E-state index contributed by atoms with van der Waals surface area (Å²) in [6.45, 7) is 2.25. The molecule has 86 valence electrons. The number of ketones is 1. The molecule has 0 aromatic rings. The standard InChI is InChI=1S/C9H15NO5/c1-6(10)5-14-15-9(12)8(11)7-3-2-4-13-7/h6-7H,2-5,10H2,1H3. The summed E-state index contributed by atoms with van der Waals surface area (Å²) in [6, 6.07) is -0.254.